The van der Waals surface area contributed by atoms with Crippen LogP contribution < -0.4 is 14.8 Å². The van der Waals surface area contributed by atoms with Gasteiger partial charge in [-0.05, 0) is 70.2 Å². The summed E-state index contributed by atoms with van der Waals surface area (Å²) in [6, 6.07) is 9.06. The summed E-state index contributed by atoms with van der Waals surface area (Å²) in [4.78, 5) is 16.3. The zero-order chi connectivity index (χ0) is 30.3. The number of carbonyl (C=O) groups is 1. The van der Waals surface area contributed by atoms with Crippen molar-refractivity contribution in [1.29, 1.82) is 0 Å². The van der Waals surface area contributed by atoms with Crippen molar-refractivity contribution in [3.63, 3.8) is 0 Å². The second-order valence-electron chi connectivity index (χ2n) is 11.1. The van der Waals surface area contributed by atoms with Crippen LogP contribution in [0.4, 0.5) is 18.3 Å². The van der Waals surface area contributed by atoms with Gasteiger partial charge in [0.25, 0.3) is 0 Å². The number of aromatic nitrogens is 2. The average molecular weight is 618 g/mol. The summed E-state index contributed by atoms with van der Waals surface area (Å²) in [5.74, 6) is -0.116. The van der Waals surface area contributed by atoms with Crippen LogP contribution >= 0.6 is 11.3 Å². The molecule has 2 saturated carbocycles. The second-order valence-corrected chi connectivity index (χ2v) is 12.1. The van der Waals surface area contributed by atoms with Gasteiger partial charge in [0.1, 0.15) is 28.5 Å². The van der Waals surface area contributed by atoms with Crippen molar-refractivity contribution in [3.8, 4) is 22.8 Å². The van der Waals surface area contributed by atoms with E-state index in [2.05, 4.69) is 15.2 Å². The van der Waals surface area contributed by atoms with E-state index < -0.39 is 12.3 Å². The number of carboxylic acids is 1. The third kappa shape index (κ3) is 6.72. The van der Waals surface area contributed by atoms with E-state index in [0.29, 0.717) is 44.5 Å². The number of aromatic carboxylic acids is 1. The number of fused-ring (bicyclic) bond motifs is 1. The minimum absolute atomic E-state index is 0.0738. The Morgan fingerprint density at radius 2 is 1.95 bits per heavy atom. The first-order valence-corrected chi connectivity index (χ1v) is 14.9. The molecule has 0 unspecified atom stereocenters. The lowest BCUT2D eigenvalue weighted by atomic mass is 10.0. The van der Waals surface area contributed by atoms with Gasteiger partial charge in [-0.15, -0.1) is 13.2 Å². The summed E-state index contributed by atoms with van der Waals surface area (Å²) in [6.45, 7) is 3.89. The molecule has 9 nitrogen and oxygen atoms in total. The fraction of sp³-hybridized carbons (Fsp3) is 0.433. The molecule has 6 rings (SSSR count). The molecule has 2 aromatic heterocycles. The number of rotatable bonds is 11. The number of benzene rings is 2. The van der Waals surface area contributed by atoms with Gasteiger partial charge in [0, 0.05) is 23.1 Å². The minimum atomic E-state index is -4.84. The van der Waals surface area contributed by atoms with Gasteiger partial charge in [0.05, 0.1) is 29.1 Å². The first-order valence-electron chi connectivity index (χ1n) is 14.1. The van der Waals surface area contributed by atoms with Crippen LogP contribution in [0.3, 0.4) is 0 Å². The Hall–Kier alpha value is -3.84. The smallest absolute Gasteiger partial charge is 0.489 e. The first kappa shape index (κ1) is 29.2. The highest BCUT2D eigenvalue weighted by Crippen LogP contribution is 2.46. The van der Waals surface area contributed by atoms with Crippen LogP contribution in [0.25, 0.3) is 21.5 Å². The number of halogens is 3. The highest BCUT2D eigenvalue weighted by molar-refractivity contribution is 7.22. The lowest BCUT2D eigenvalue weighted by Gasteiger charge is -2.15. The van der Waals surface area contributed by atoms with E-state index in [4.69, 9.17) is 19.0 Å². The van der Waals surface area contributed by atoms with Gasteiger partial charge in [-0.2, -0.15) is 0 Å². The molecule has 0 radical (unpaired) electrons. The Morgan fingerprint density at radius 1 is 1.16 bits per heavy atom. The molecule has 0 amide bonds. The van der Waals surface area contributed by atoms with Gasteiger partial charge in [-0.3, -0.25) is 0 Å². The summed E-state index contributed by atoms with van der Waals surface area (Å²) in [7, 11) is 0. The fourth-order valence-electron chi connectivity index (χ4n) is 5.34. The summed E-state index contributed by atoms with van der Waals surface area (Å²) < 4.78 is 62.0. The summed E-state index contributed by atoms with van der Waals surface area (Å²) >= 11 is 1.37. The maximum absolute atomic E-state index is 13.1. The molecule has 2 aliphatic carbocycles. The summed E-state index contributed by atoms with van der Waals surface area (Å²) in [5.41, 5.74) is 1.89. The molecule has 0 aliphatic heterocycles. The number of ether oxygens (including phenoxy) is 3. The lowest BCUT2D eigenvalue weighted by molar-refractivity contribution is -0.274. The maximum atomic E-state index is 13.1. The molecular weight excluding hydrogens is 587 g/mol. The standard InChI is InChI=1S/C30H30F3N3O6S/c1-15(2)40-23-11-17(28(37)38)12-24-26(23)35-29(43-24)34-18-9-10-19(13-18)39-14-21-25(36-42-27(21)16-7-8-16)20-5-3-4-6-22(20)41-30(31,32)33/h3-6,11-12,15-16,18-19H,7-10,13-14H2,1-2H3,(H,34,35)(H,37,38)/t18-,19+/m1/s1. The SMILES string of the molecule is CC(C)Oc1cc(C(=O)O)cc2sc(N[C@@H]3CC[C@H](OCc4c(-c5ccccc5OC(F)(F)F)noc4C4CC4)C3)nc12. The Bertz CT molecular complexity index is 1630. The quantitative estimate of drug-likeness (QED) is 0.174. The summed E-state index contributed by atoms with van der Waals surface area (Å²) in [5, 5.41) is 17.8. The van der Waals surface area contributed by atoms with Gasteiger partial charge in [0.15, 0.2) is 5.13 Å². The predicted molar refractivity (Wildman–Crippen MR) is 153 cm³/mol. The number of carboxylic acid groups (broad SMARTS) is 1. The van der Waals surface area contributed by atoms with Crippen LogP contribution in [-0.2, 0) is 11.3 Å². The Kier molecular flexibility index (Phi) is 7.94. The van der Waals surface area contributed by atoms with Gasteiger partial charge < -0.3 is 29.2 Å². The maximum Gasteiger partial charge on any atom is 0.573 e. The number of hydrogen-bond donors (Lipinski definition) is 2. The number of para-hydroxylation sites is 1. The van der Waals surface area contributed by atoms with E-state index in [1.165, 1.54) is 35.6 Å². The molecule has 2 atom stereocenters. The number of alkyl halides is 3. The van der Waals surface area contributed by atoms with E-state index in [-0.39, 0.29) is 47.7 Å². The molecule has 2 heterocycles. The van der Waals surface area contributed by atoms with E-state index in [1.807, 2.05) is 13.8 Å². The van der Waals surface area contributed by atoms with Crippen molar-refractivity contribution in [2.75, 3.05) is 5.32 Å². The largest absolute Gasteiger partial charge is 0.573 e. The lowest BCUT2D eigenvalue weighted by Crippen LogP contribution is -2.18. The molecule has 2 fully saturated rings. The average Bonchev–Trinajstić information content (AvgIpc) is 3.33. The third-order valence-electron chi connectivity index (χ3n) is 7.38. The molecule has 2 aliphatic rings. The van der Waals surface area contributed by atoms with Crippen LogP contribution in [0.1, 0.15) is 73.6 Å². The zero-order valence-electron chi connectivity index (χ0n) is 23.4. The first-order chi connectivity index (χ1) is 20.5. The number of nitrogens with one attached hydrogen (secondary N) is 1. The highest BCUT2D eigenvalue weighted by atomic mass is 32.1. The van der Waals surface area contributed by atoms with E-state index >= 15 is 0 Å². The van der Waals surface area contributed by atoms with Crippen LogP contribution in [0.2, 0.25) is 0 Å². The Morgan fingerprint density at radius 3 is 2.67 bits per heavy atom. The molecule has 2 N–H and O–H groups in total. The van der Waals surface area contributed by atoms with Crippen LogP contribution in [0.15, 0.2) is 40.9 Å². The van der Waals surface area contributed by atoms with Gasteiger partial charge in [-0.25, -0.2) is 9.78 Å². The summed E-state index contributed by atoms with van der Waals surface area (Å²) in [6.07, 6.45) is -0.927. The monoisotopic (exact) mass is 617 g/mol. The van der Waals surface area contributed by atoms with Crippen molar-refractivity contribution < 1.29 is 41.8 Å². The Balaban J connectivity index is 1.15. The highest BCUT2D eigenvalue weighted by Gasteiger charge is 2.36. The molecule has 0 bridgehead atoms. The zero-order valence-corrected chi connectivity index (χ0v) is 24.3. The number of thiazole rings is 1. The van der Waals surface area contributed by atoms with E-state index in [0.717, 1.165) is 25.7 Å². The van der Waals surface area contributed by atoms with Crippen LogP contribution in [0.5, 0.6) is 11.5 Å². The van der Waals surface area contributed by atoms with Crippen molar-refractivity contribution >= 4 is 32.7 Å². The fourth-order valence-corrected chi connectivity index (χ4v) is 6.34. The second kappa shape index (κ2) is 11.7. The van der Waals surface area contributed by atoms with Gasteiger partial charge in [-0.1, -0.05) is 28.6 Å². The molecule has 228 valence electrons. The number of anilines is 1. The number of nitrogens with zero attached hydrogens (tertiary/aromatic N) is 2. The van der Waals surface area contributed by atoms with Gasteiger partial charge >= 0.3 is 12.3 Å². The third-order valence-corrected chi connectivity index (χ3v) is 8.31. The molecule has 0 spiro atoms. The molecule has 13 heteroatoms. The van der Waals surface area contributed by atoms with E-state index in [1.54, 1.807) is 12.1 Å². The number of hydrogen-bond acceptors (Lipinski definition) is 9. The molecular formula is C30H30F3N3O6S. The topological polar surface area (TPSA) is 116 Å². The molecule has 2 aromatic carbocycles. The van der Waals surface area contributed by atoms with E-state index in [9.17, 15) is 23.1 Å². The minimum Gasteiger partial charge on any atom is -0.489 e. The molecule has 43 heavy (non-hydrogen) atoms. The normalized spacial score (nSPS) is 18.8. The molecule has 4 aromatic rings. The van der Waals surface area contributed by atoms with Gasteiger partial charge in [0.2, 0.25) is 0 Å². The predicted octanol–water partition coefficient (Wildman–Crippen LogP) is 7.76. The van der Waals surface area contributed by atoms with Crippen molar-refractivity contribution in [2.24, 2.45) is 0 Å². The van der Waals surface area contributed by atoms with Crippen molar-refractivity contribution in [2.45, 2.75) is 83.1 Å². The molecule has 0 saturated heterocycles. The van der Waals surface area contributed by atoms with Crippen molar-refractivity contribution in [1.82, 2.24) is 10.1 Å². The van der Waals surface area contributed by atoms with Crippen LogP contribution in [0, 0.1) is 0 Å². The van der Waals surface area contributed by atoms with Crippen LogP contribution in [-0.4, -0.2) is 45.8 Å². The Labute approximate surface area is 248 Å². The van der Waals surface area contributed by atoms with Crippen molar-refractivity contribution in [3.05, 3.63) is 53.3 Å².